The van der Waals surface area contributed by atoms with Gasteiger partial charge in [-0.05, 0) is 11.6 Å². The topological polar surface area (TPSA) is 47.0 Å². The largest absolute Gasteiger partial charge is 0.418 e. The molecule has 1 aromatic heterocycles. The van der Waals surface area contributed by atoms with Crippen LogP contribution in [0.2, 0.25) is 0 Å². The van der Waals surface area contributed by atoms with Crippen molar-refractivity contribution in [1.29, 1.82) is 0 Å². The summed E-state index contributed by atoms with van der Waals surface area (Å²) in [6.45, 7) is 0. The number of pyridine rings is 1. The van der Waals surface area contributed by atoms with Crippen LogP contribution in [0.3, 0.4) is 0 Å². The summed E-state index contributed by atoms with van der Waals surface area (Å²) in [5.41, 5.74) is -1.90. The summed E-state index contributed by atoms with van der Waals surface area (Å²) in [5.74, 6) is -1.30. The van der Waals surface area contributed by atoms with Crippen LogP contribution in [0.25, 0.3) is 0 Å². The Bertz CT molecular complexity index is 454. The van der Waals surface area contributed by atoms with Crippen molar-refractivity contribution in [2.75, 3.05) is 0 Å². The predicted molar refractivity (Wildman–Crippen MR) is 43.0 cm³/mol. The minimum absolute atomic E-state index is 0.459. The van der Waals surface area contributed by atoms with Gasteiger partial charge in [0.15, 0.2) is 0 Å². The highest BCUT2D eigenvalue weighted by Gasteiger charge is 2.34. The quantitative estimate of drug-likeness (QED) is 0.588. The summed E-state index contributed by atoms with van der Waals surface area (Å²) in [4.78, 5) is 3.20. The van der Waals surface area contributed by atoms with Gasteiger partial charge in [-0.1, -0.05) is 0 Å². The molecule has 0 spiro atoms. The molecule has 0 amide bonds. The van der Waals surface area contributed by atoms with Crippen LogP contribution >= 0.6 is 0 Å². The van der Waals surface area contributed by atoms with Gasteiger partial charge in [0.25, 0.3) is 0 Å². The molecule has 0 aliphatic carbocycles. The van der Waals surface area contributed by atoms with Crippen molar-refractivity contribution in [3.05, 3.63) is 29.6 Å². The van der Waals surface area contributed by atoms with E-state index in [9.17, 15) is 25.5 Å². The van der Waals surface area contributed by atoms with Crippen LogP contribution in [-0.4, -0.2) is 13.4 Å². The Labute approximate surface area is 83.0 Å². The fraction of sp³-hybridized carbons (Fsp3) is 0.286. The smallest absolute Gasteiger partial charge is 0.264 e. The molecule has 8 heteroatoms. The summed E-state index contributed by atoms with van der Waals surface area (Å²) in [7, 11) is -4.99. The Morgan fingerprint density at radius 1 is 1.33 bits per heavy atom. The zero-order valence-corrected chi connectivity index (χ0v) is 7.94. The third-order valence-corrected chi connectivity index (χ3v) is 2.20. The first-order valence-electron chi connectivity index (χ1n) is 3.62. The van der Waals surface area contributed by atoms with Gasteiger partial charge in [0.1, 0.15) is 5.75 Å². The van der Waals surface area contributed by atoms with Crippen molar-refractivity contribution in [1.82, 2.24) is 4.98 Å². The SMILES string of the molecule is O=S(=O)(F)Cc1ccncc1C(F)(F)F. The fourth-order valence-electron chi connectivity index (χ4n) is 0.990. The van der Waals surface area contributed by atoms with Crippen LogP contribution in [0.1, 0.15) is 11.1 Å². The van der Waals surface area contributed by atoms with Gasteiger partial charge in [-0.3, -0.25) is 4.98 Å². The monoisotopic (exact) mass is 243 g/mol. The lowest BCUT2D eigenvalue weighted by Gasteiger charge is -2.09. The maximum Gasteiger partial charge on any atom is 0.418 e. The summed E-state index contributed by atoms with van der Waals surface area (Å²) in [6, 6.07) is 0.819. The maximum atomic E-state index is 12.3. The lowest BCUT2D eigenvalue weighted by Crippen LogP contribution is -2.11. The van der Waals surface area contributed by atoms with Crippen molar-refractivity contribution >= 4 is 10.2 Å². The van der Waals surface area contributed by atoms with Crippen LogP contribution in [0.5, 0.6) is 0 Å². The van der Waals surface area contributed by atoms with E-state index in [0.29, 0.717) is 6.20 Å². The lowest BCUT2D eigenvalue weighted by atomic mass is 10.1. The Morgan fingerprint density at radius 2 is 1.93 bits per heavy atom. The highest BCUT2D eigenvalue weighted by atomic mass is 32.3. The molecule has 0 aliphatic rings. The highest BCUT2D eigenvalue weighted by molar-refractivity contribution is 7.85. The number of alkyl halides is 3. The molecule has 0 aromatic carbocycles. The van der Waals surface area contributed by atoms with Crippen LogP contribution in [-0.2, 0) is 22.2 Å². The van der Waals surface area contributed by atoms with Crippen molar-refractivity contribution in [3.63, 3.8) is 0 Å². The molecule has 1 aromatic rings. The van der Waals surface area contributed by atoms with Crippen molar-refractivity contribution in [2.45, 2.75) is 11.9 Å². The van der Waals surface area contributed by atoms with Gasteiger partial charge in [0.2, 0.25) is 0 Å². The Balaban J connectivity index is 3.19. The number of rotatable bonds is 2. The third kappa shape index (κ3) is 3.46. The van der Waals surface area contributed by atoms with Crippen LogP contribution < -0.4 is 0 Å². The lowest BCUT2D eigenvalue weighted by molar-refractivity contribution is -0.138. The van der Waals surface area contributed by atoms with Gasteiger partial charge in [0, 0.05) is 12.4 Å². The minimum atomic E-state index is -4.99. The maximum absolute atomic E-state index is 12.3. The van der Waals surface area contributed by atoms with E-state index in [-0.39, 0.29) is 0 Å². The molecular weight excluding hydrogens is 238 g/mol. The van der Waals surface area contributed by atoms with Crippen molar-refractivity contribution in [2.24, 2.45) is 0 Å². The molecule has 0 N–H and O–H groups in total. The number of hydrogen-bond donors (Lipinski definition) is 0. The van der Waals surface area contributed by atoms with Crippen molar-refractivity contribution < 1.29 is 25.5 Å². The van der Waals surface area contributed by atoms with Gasteiger partial charge < -0.3 is 0 Å². The van der Waals surface area contributed by atoms with Crippen LogP contribution in [0.4, 0.5) is 17.1 Å². The first-order chi connectivity index (χ1) is 6.70. The molecule has 1 rings (SSSR count). The normalized spacial score (nSPS) is 12.8. The Kier molecular flexibility index (Phi) is 2.98. The summed E-state index contributed by atoms with van der Waals surface area (Å²) < 4.78 is 69.5. The molecule has 0 fully saturated rings. The summed E-state index contributed by atoms with van der Waals surface area (Å²) in [6.07, 6.45) is -3.31. The van der Waals surface area contributed by atoms with E-state index in [0.717, 1.165) is 12.3 Å². The summed E-state index contributed by atoms with van der Waals surface area (Å²) >= 11 is 0. The standard InChI is InChI=1S/C7H5F4NO2S/c8-7(9,10)6-3-12-2-1-5(6)4-15(11,13)14/h1-3H,4H2. The fourth-order valence-corrected chi connectivity index (χ4v) is 1.61. The van der Waals surface area contributed by atoms with E-state index in [4.69, 9.17) is 0 Å². The number of hydrogen-bond acceptors (Lipinski definition) is 3. The first kappa shape index (κ1) is 11.9. The average Bonchev–Trinajstić information content (AvgIpc) is 1.99. The molecule has 0 aliphatic heterocycles. The van der Waals surface area contributed by atoms with E-state index < -0.39 is 33.3 Å². The molecular formula is C7H5F4NO2S. The number of nitrogens with zero attached hydrogens (tertiary/aromatic N) is 1. The molecule has 0 atom stereocenters. The van der Waals surface area contributed by atoms with Crippen LogP contribution in [0.15, 0.2) is 18.5 Å². The van der Waals surface area contributed by atoms with E-state index in [1.54, 1.807) is 0 Å². The van der Waals surface area contributed by atoms with Crippen LogP contribution in [0, 0.1) is 0 Å². The molecule has 1 heterocycles. The second-order valence-corrected chi connectivity index (χ2v) is 4.08. The molecule has 0 bridgehead atoms. The average molecular weight is 243 g/mol. The molecule has 0 radical (unpaired) electrons. The van der Waals surface area contributed by atoms with E-state index >= 15 is 0 Å². The number of halogens is 4. The second kappa shape index (κ2) is 3.76. The second-order valence-electron chi connectivity index (χ2n) is 2.71. The van der Waals surface area contributed by atoms with Gasteiger partial charge in [-0.25, -0.2) is 0 Å². The van der Waals surface area contributed by atoms with Gasteiger partial charge in [-0.15, -0.1) is 3.89 Å². The molecule has 15 heavy (non-hydrogen) atoms. The third-order valence-electron chi connectivity index (χ3n) is 1.54. The molecule has 84 valence electrons. The zero-order valence-electron chi connectivity index (χ0n) is 7.12. The summed E-state index contributed by atoms with van der Waals surface area (Å²) in [5, 5.41) is 0. The molecule has 0 saturated carbocycles. The van der Waals surface area contributed by atoms with Gasteiger partial charge in [-0.2, -0.15) is 21.6 Å². The molecule has 0 saturated heterocycles. The van der Waals surface area contributed by atoms with Gasteiger partial charge >= 0.3 is 16.4 Å². The first-order valence-corrected chi connectivity index (χ1v) is 5.18. The Hall–Kier alpha value is -1.18. The van der Waals surface area contributed by atoms with Crippen molar-refractivity contribution in [3.8, 4) is 0 Å². The van der Waals surface area contributed by atoms with E-state index in [1.807, 2.05) is 0 Å². The molecule has 0 unspecified atom stereocenters. The molecule has 3 nitrogen and oxygen atoms in total. The van der Waals surface area contributed by atoms with E-state index in [1.165, 1.54) is 0 Å². The highest BCUT2D eigenvalue weighted by Crippen LogP contribution is 2.32. The number of aromatic nitrogens is 1. The van der Waals surface area contributed by atoms with Gasteiger partial charge in [0.05, 0.1) is 5.56 Å². The van der Waals surface area contributed by atoms with E-state index in [2.05, 4.69) is 4.98 Å². The Morgan fingerprint density at radius 3 is 2.40 bits per heavy atom. The predicted octanol–water partition coefficient (Wildman–Crippen LogP) is 1.90. The minimum Gasteiger partial charge on any atom is -0.264 e. The zero-order chi connectivity index (χ0) is 11.7.